The highest BCUT2D eigenvalue weighted by molar-refractivity contribution is 7.93. The number of ether oxygens (including phenoxy) is 1. The summed E-state index contributed by atoms with van der Waals surface area (Å²) in [7, 11) is -3.74. The fourth-order valence-electron chi connectivity index (χ4n) is 2.61. The fraction of sp³-hybridized carbons (Fsp3) is 0.278. The van der Waals surface area contributed by atoms with E-state index in [4.69, 9.17) is 4.74 Å². The Hall–Kier alpha value is -2.32. The molecule has 0 aliphatic rings. The third-order valence-corrected chi connectivity index (χ3v) is 6.76. The summed E-state index contributed by atoms with van der Waals surface area (Å²) in [6, 6.07) is 8.67. The number of aryl methyl sites for hydroxylation is 2. The van der Waals surface area contributed by atoms with Crippen molar-refractivity contribution < 1.29 is 13.2 Å². The normalized spacial score (nSPS) is 11.5. The van der Waals surface area contributed by atoms with Crippen molar-refractivity contribution in [3.63, 3.8) is 0 Å². The van der Waals surface area contributed by atoms with Crippen LogP contribution in [-0.4, -0.2) is 25.2 Å². The number of aromatic nitrogens is 2. The zero-order chi connectivity index (χ0) is 18.9. The number of nitrogens with one attached hydrogen (secondary N) is 2. The third kappa shape index (κ3) is 3.47. The lowest BCUT2D eigenvalue weighted by molar-refractivity contribution is 0.342. The van der Waals surface area contributed by atoms with Crippen molar-refractivity contribution in [1.29, 1.82) is 0 Å². The summed E-state index contributed by atoms with van der Waals surface area (Å²) in [6.07, 6.45) is 0. The van der Waals surface area contributed by atoms with Crippen LogP contribution in [0.3, 0.4) is 0 Å². The summed E-state index contributed by atoms with van der Waals surface area (Å²) in [5, 5.41) is 7.23. The maximum absolute atomic E-state index is 12.9. The van der Waals surface area contributed by atoms with Crippen LogP contribution < -0.4 is 9.46 Å². The van der Waals surface area contributed by atoms with E-state index in [-0.39, 0.29) is 4.90 Å². The van der Waals surface area contributed by atoms with Gasteiger partial charge in [0.15, 0.2) is 0 Å². The molecular formula is C18H21N3O3S2. The molecule has 0 fully saturated rings. The highest BCUT2D eigenvalue weighted by Crippen LogP contribution is 2.36. The predicted octanol–water partition coefficient (Wildman–Crippen LogP) is 4.26. The molecule has 3 rings (SSSR count). The summed E-state index contributed by atoms with van der Waals surface area (Å²) in [6.45, 7) is 8.02. The van der Waals surface area contributed by atoms with Crippen molar-refractivity contribution in [2.75, 3.05) is 11.3 Å². The van der Waals surface area contributed by atoms with Gasteiger partial charge in [-0.1, -0.05) is 12.1 Å². The van der Waals surface area contributed by atoms with Crippen molar-refractivity contribution >= 4 is 27.0 Å². The van der Waals surface area contributed by atoms with Crippen molar-refractivity contribution in [2.24, 2.45) is 0 Å². The maximum Gasteiger partial charge on any atom is 0.263 e. The molecular weight excluding hydrogens is 370 g/mol. The van der Waals surface area contributed by atoms with Gasteiger partial charge >= 0.3 is 0 Å². The largest absolute Gasteiger partial charge is 0.492 e. The van der Waals surface area contributed by atoms with Gasteiger partial charge in [0.1, 0.15) is 16.3 Å². The lowest BCUT2D eigenvalue weighted by Crippen LogP contribution is -2.14. The molecule has 3 aromatic rings. The molecule has 0 atom stereocenters. The van der Waals surface area contributed by atoms with Gasteiger partial charge in [-0.05, 0) is 51.5 Å². The van der Waals surface area contributed by atoms with E-state index in [1.807, 2.05) is 20.8 Å². The van der Waals surface area contributed by atoms with Crippen LogP contribution in [0, 0.1) is 20.8 Å². The summed E-state index contributed by atoms with van der Waals surface area (Å²) >= 11 is 1.41. The SMILES string of the molecule is CCOc1ccccc1NS(=O)(=O)c1cc(-c2n[nH]c(C)c2C)sc1C. The average Bonchev–Trinajstić information content (AvgIpc) is 3.13. The van der Waals surface area contributed by atoms with Crippen LogP contribution in [0.25, 0.3) is 10.6 Å². The van der Waals surface area contributed by atoms with Gasteiger partial charge in [0.2, 0.25) is 0 Å². The lowest BCUT2D eigenvalue weighted by atomic mass is 10.2. The highest BCUT2D eigenvalue weighted by Gasteiger charge is 2.23. The van der Waals surface area contributed by atoms with Crippen LogP contribution in [0.15, 0.2) is 35.2 Å². The molecule has 0 spiro atoms. The number of rotatable bonds is 6. The Morgan fingerprint density at radius 1 is 1.23 bits per heavy atom. The van der Waals surface area contributed by atoms with Gasteiger partial charge in [-0.2, -0.15) is 5.10 Å². The second kappa shape index (κ2) is 7.13. The molecule has 0 bridgehead atoms. The van der Waals surface area contributed by atoms with E-state index in [0.29, 0.717) is 22.9 Å². The molecule has 2 N–H and O–H groups in total. The lowest BCUT2D eigenvalue weighted by Gasteiger charge is -2.12. The number of nitrogens with zero attached hydrogens (tertiary/aromatic N) is 1. The number of aromatic amines is 1. The number of benzene rings is 1. The standard InChI is InChI=1S/C18H21N3O3S2/c1-5-24-15-9-7-6-8-14(15)21-26(22,23)17-10-16(25-13(17)4)18-11(2)12(3)19-20-18/h6-10,21H,5H2,1-4H3,(H,19,20). The summed E-state index contributed by atoms with van der Waals surface area (Å²) in [5.41, 5.74) is 3.20. The fourth-order valence-corrected chi connectivity index (χ4v) is 5.32. The molecule has 0 saturated carbocycles. The summed E-state index contributed by atoms with van der Waals surface area (Å²) < 4.78 is 34.0. The molecule has 26 heavy (non-hydrogen) atoms. The smallest absolute Gasteiger partial charge is 0.263 e. The van der Waals surface area contributed by atoms with Gasteiger partial charge in [0, 0.05) is 10.6 Å². The van der Waals surface area contributed by atoms with Crippen LogP contribution in [0.5, 0.6) is 5.75 Å². The number of hydrogen-bond donors (Lipinski definition) is 2. The number of hydrogen-bond acceptors (Lipinski definition) is 5. The van der Waals surface area contributed by atoms with Gasteiger partial charge in [-0.15, -0.1) is 11.3 Å². The average molecular weight is 392 g/mol. The predicted molar refractivity (Wildman–Crippen MR) is 105 cm³/mol. The van der Waals surface area contributed by atoms with Gasteiger partial charge in [-0.3, -0.25) is 9.82 Å². The van der Waals surface area contributed by atoms with Gasteiger partial charge < -0.3 is 4.74 Å². The van der Waals surface area contributed by atoms with Crippen LogP contribution in [0.1, 0.15) is 23.1 Å². The Kier molecular flexibility index (Phi) is 5.06. The molecule has 6 nitrogen and oxygen atoms in total. The van der Waals surface area contributed by atoms with Gasteiger partial charge in [-0.25, -0.2) is 8.42 Å². The zero-order valence-corrected chi connectivity index (χ0v) is 16.7. The monoisotopic (exact) mass is 391 g/mol. The van der Waals surface area contributed by atoms with E-state index in [1.165, 1.54) is 11.3 Å². The van der Waals surface area contributed by atoms with Crippen LogP contribution in [-0.2, 0) is 10.0 Å². The molecule has 2 aromatic heterocycles. The maximum atomic E-state index is 12.9. The first-order valence-corrected chi connectivity index (χ1v) is 10.5. The second-order valence-electron chi connectivity index (χ2n) is 5.89. The molecule has 2 heterocycles. The van der Waals surface area contributed by atoms with E-state index in [9.17, 15) is 8.42 Å². The molecule has 1 aromatic carbocycles. The topological polar surface area (TPSA) is 84.1 Å². The zero-order valence-electron chi connectivity index (χ0n) is 15.1. The van der Waals surface area contributed by atoms with Crippen LogP contribution in [0.2, 0.25) is 0 Å². The third-order valence-electron chi connectivity index (χ3n) is 4.08. The quantitative estimate of drug-likeness (QED) is 0.657. The molecule has 0 amide bonds. The van der Waals surface area contributed by atoms with Crippen molar-refractivity contribution in [1.82, 2.24) is 10.2 Å². The van der Waals surface area contributed by atoms with E-state index in [1.54, 1.807) is 37.3 Å². The Morgan fingerprint density at radius 2 is 1.96 bits per heavy atom. The summed E-state index contributed by atoms with van der Waals surface area (Å²) in [4.78, 5) is 1.79. The molecule has 0 radical (unpaired) electrons. The number of H-pyrrole nitrogens is 1. The van der Waals surface area contributed by atoms with Gasteiger partial charge in [0.25, 0.3) is 10.0 Å². The highest BCUT2D eigenvalue weighted by atomic mass is 32.2. The Labute approximate surface area is 157 Å². The number of anilines is 1. The number of para-hydroxylation sites is 2. The van der Waals surface area contributed by atoms with Crippen LogP contribution in [0.4, 0.5) is 5.69 Å². The van der Waals surface area contributed by atoms with E-state index < -0.39 is 10.0 Å². The summed E-state index contributed by atoms with van der Waals surface area (Å²) in [5.74, 6) is 0.505. The Balaban J connectivity index is 1.97. The number of sulfonamides is 1. The minimum atomic E-state index is -3.74. The molecule has 0 saturated heterocycles. The first-order chi connectivity index (χ1) is 12.3. The number of thiophene rings is 1. The van der Waals surface area contributed by atoms with Gasteiger partial charge in [0.05, 0.1) is 17.2 Å². The molecule has 8 heteroatoms. The van der Waals surface area contributed by atoms with Crippen molar-refractivity contribution in [3.8, 4) is 16.3 Å². The minimum absolute atomic E-state index is 0.254. The van der Waals surface area contributed by atoms with Crippen molar-refractivity contribution in [2.45, 2.75) is 32.6 Å². The van der Waals surface area contributed by atoms with E-state index in [0.717, 1.165) is 21.8 Å². The van der Waals surface area contributed by atoms with Crippen molar-refractivity contribution in [3.05, 3.63) is 46.5 Å². The minimum Gasteiger partial charge on any atom is -0.492 e. The molecule has 0 unspecified atom stereocenters. The van der Waals surface area contributed by atoms with Crippen LogP contribution >= 0.6 is 11.3 Å². The van der Waals surface area contributed by atoms with E-state index >= 15 is 0 Å². The second-order valence-corrected chi connectivity index (χ2v) is 8.80. The molecule has 0 aliphatic carbocycles. The first kappa shape index (κ1) is 18.5. The first-order valence-electron chi connectivity index (χ1n) is 8.20. The van der Waals surface area contributed by atoms with E-state index in [2.05, 4.69) is 14.9 Å². The Morgan fingerprint density at radius 3 is 2.62 bits per heavy atom. The molecule has 0 aliphatic heterocycles. The Bertz CT molecular complexity index is 1040. The molecule has 138 valence electrons.